The van der Waals surface area contributed by atoms with E-state index in [0.29, 0.717) is 0 Å². The predicted molar refractivity (Wildman–Crippen MR) is 125 cm³/mol. The fourth-order valence-electron chi connectivity index (χ4n) is 3.07. The van der Waals surface area contributed by atoms with Crippen molar-refractivity contribution in [1.82, 2.24) is 10.6 Å². The van der Waals surface area contributed by atoms with E-state index in [2.05, 4.69) is 10.6 Å². The molecule has 0 radical (unpaired) electrons. The third kappa shape index (κ3) is 9.72. The quantitative estimate of drug-likeness (QED) is 0.408. The smallest absolute Gasteiger partial charge is 0.408 e. The highest BCUT2D eigenvalue weighted by atomic mass is 16.5. The number of nitrogens with one attached hydrogen (secondary N) is 2. The predicted octanol–water partition coefficient (Wildman–Crippen LogP) is 2.43. The maximum absolute atomic E-state index is 12.8. The summed E-state index contributed by atoms with van der Waals surface area (Å²) in [4.78, 5) is 49.1. The molecule has 0 aliphatic heterocycles. The van der Waals surface area contributed by atoms with E-state index in [0.717, 1.165) is 11.1 Å². The van der Waals surface area contributed by atoms with E-state index in [1.807, 2.05) is 50.2 Å². The summed E-state index contributed by atoms with van der Waals surface area (Å²) in [5.74, 6) is -2.18. The van der Waals surface area contributed by atoms with Crippen LogP contribution in [-0.4, -0.2) is 36.0 Å². The Hall–Kier alpha value is -3.88. The fraction of sp³-hybridized carbons (Fsp3) is 0.360. The number of nitrogens with two attached hydrogens (primary N) is 1. The summed E-state index contributed by atoms with van der Waals surface area (Å²) >= 11 is 0. The van der Waals surface area contributed by atoms with Gasteiger partial charge in [-0.25, -0.2) is 4.79 Å². The van der Waals surface area contributed by atoms with Crippen LogP contribution in [0, 0.1) is 5.92 Å². The van der Waals surface area contributed by atoms with Crippen molar-refractivity contribution in [2.75, 3.05) is 0 Å². The Bertz CT molecular complexity index is 950. The lowest BCUT2D eigenvalue weighted by Gasteiger charge is -2.22. The van der Waals surface area contributed by atoms with Crippen LogP contribution < -0.4 is 16.4 Å². The minimum absolute atomic E-state index is 0.0316. The topological polar surface area (TPSA) is 137 Å². The number of benzene rings is 2. The van der Waals surface area contributed by atoms with Crippen LogP contribution >= 0.6 is 0 Å². The van der Waals surface area contributed by atoms with E-state index in [1.165, 1.54) is 0 Å². The molecule has 0 unspecified atom stereocenters. The van der Waals surface area contributed by atoms with E-state index in [-0.39, 0.29) is 25.6 Å². The molecule has 2 atom stereocenters. The van der Waals surface area contributed by atoms with Crippen LogP contribution in [0.5, 0.6) is 0 Å². The molecule has 0 saturated heterocycles. The zero-order valence-corrected chi connectivity index (χ0v) is 19.4. The van der Waals surface area contributed by atoms with E-state index >= 15 is 0 Å². The fourth-order valence-corrected chi connectivity index (χ4v) is 3.07. The molecular weight excluding hydrogens is 438 g/mol. The maximum atomic E-state index is 12.8. The first-order valence-corrected chi connectivity index (χ1v) is 11.0. The van der Waals surface area contributed by atoms with Crippen molar-refractivity contribution < 1.29 is 28.7 Å². The molecule has 2 rings (SSSR count). The number of hydrogen-bond donors (Lipinski definition) is 3. The van der Waals surface area contributed by atoms with Crippen molar-refractivity contribution in [3.63, 3.8) is 0 Å². The average molecular weight is 470 g/mol. The van der Waals surface area contributed by atoms with Crippen molar-refractivity contribution in [2.45, 2.75) is 52.0 Å². The normalized spacial score (nSPS) is 12.3. The van der Waals surface area contributed by atoms with Gasteiger partial charge in [-0.2, -0.15) is 0 Å². The summed E-state index contributed by atoms with van der Waals surface area (Å²) < 4.78 is 10.4. The molecule has 0 fully saturated rings. The van der Waals surface area contributed by atoms with E-state index in [9.17, 15) is 19.2 Å². The van der Waals surface area contributed by atoms with E-state index < -0.39 is 42.4 Å². The van der Waals surface area contributed by atoms with Gasteiger partial charge in [0.15, 0.2) is 0 Å². The van der Waals surface area contributed by atoms with Gasteiger partial charge in [0.25, 0.3) is 0 Å². The summed E-state index contributed by atoms with van der Waals surface area (Å²) in [5, 5.41) is 4.97. The van der Waals surface area contributed by atoms with Crippen molar-refractivity contribution in [2.24, 2.45) is 11.7 Å². The molecule has 34 heavy (non-hydrogen) atoms. The minimum atomic E-state index is -1.28. The van der Waals surface area contributed by atoms with Crippen molar-refractivity contribution in [3.05, 3.63) is 71.8 Å². The van der Waals surface area contributed by atoms with Gasteiger partial charge >= 0.3 is 12.1 Å². The zero-order valence-electron chi connectivity index (χ0n) is 19.4. The van der Waals surface area contributed by atoms with Gasteiger partial charge in [0.2, 0.25) is 11.8 Å². The Morgan fingerprint density at radius 2 is 1.32 bits per heavy atom. The van der Waals surface area contributed by atoms with Gasteiger partial charge < -0.3 is 25.8 Å². The molecule has 0 spiro atoms. The third-order valence-electron chi connectivity index (χ3n) is 4.80. The number of hydrogen-bond acceptors (Lipinski definition) is 6. The van der Waals surface area contributed by atoms with Crippen molar-refractivity contribution in [3.8, 4) is 0 Å². The molecule has 2 aromatic rings. The number of ether oxygens (including phenoxy) is 2. The lowest BCUT2D eigenvalue weighted by Crippen LogP contribution is -2.54. The average Bonchev–Trinajstić information content (AvgIpc) is 2.81. The second-order valence-corrected chi connectivity index (χ2v) is 8.20. The molecule has 0 heterocycles. The molecule has 3 amide bonds. The number of carbonyl (C=O) groups is 4. The Balaban J connectivity index is 1.92. The highest BCUT2D eigenvalue weighted by Gasteiger charge is 2.28. The Labute approximate surface area is 199 Å². The number of amides is 3. The van der Waals surface area contributed by atoms with Gasteiger partial charge in [0.1, 0.15) is 25.3 Å². The first kappa shape index (κ1) is 26.4. The summed E-state index contributed by atoms with van der Waals surface area (Å²) in [6.07, 6.45) is -0.917. The highest BCUT2D eigenvalue weighted by Crippen LogP contribution is 2.08. The van der Waals surface area contributed by atoms with Crippen molar-refractivity contribution >= 4 is 23.9 Å². The first-order chi connectivity index (χ1) is 16.2. The number of carbonyl (C=O) groups excluding carboxylic acids is 4. The molecule has 0 aliphatic carbocycles. The SMILES string of the molecule is CC(C)C[C@H](NC(=O)OCc1ccccc1)C(=O)N[C@H](CC(=O)OCc1ccccc1)C(N)=O. The van der Waals surface area contributed by atoms with Crippen LogP contribution in [0.2, 0.25) is 0 Å². The Morgan fingerprint density at radius 1 is 0.794 bits per heavy atom. The van der Waals surface area contributed by atoms with Gasteiger partial charge in [-0.15, -0.1) is 0 Å². The summed E-state index contributed by atoms with van der Waals surface area (Å²) in [7, 11) is 0. The Kier molecular flexibility index (Phi) is 10.6. The monoisotopic (exact) mass is 469 g/mol. The number of rotatable bonds is 12. The molecular formula is C25H31N3O6. The molecule has 0 bridgehead atoms. The molecule has 182 valence electrons. The van der Waals surface area contributed by atoms with Gasteiger partial charge in [-0.05, 0) is 23.5 Å². The number of esters is 1. The van der Waals surface area contributed by atoms with Gasteiger partial charge in [0, 0.05) is 0 Å². The standard InChI is InChI=1S/C25H31N3O6/c1-17(2)13-21(28-25(32)34-16-19-11-7-4-8-12-19)24(31)27-20(23(26)30)14-22(29)33-15-18-9-5-3-6-10-18/h3-12,17,20-21H,13-16H2,1-2H3,(H2,26,30)(H,27,31)(H,28,32)/t20-,21+/m1/s1. The summed E-state index contributed by atoms with van der Waals surface area (Å²) in [6.45, 7) is 3.83. The molecule has 0 aliphatic rings. The summed E-state index contributed by atoms with van der Waals surface area (Å²) in [5.41, 5.74) is 6.96. The largest absolute Gasteiger partial charge is 0.461 e. The van der Waals surface area contributed by atoms with Crippen LogP contribution in [0.3, 0.4) is 0 Å². The highest BCUT2D eigenvalue weighted by molar-refractivity contribution is 5.92. The second kappa shape index (κ2) is 13.6. The number of alkyl carbamates (subject to hydrolysis) is 1. The molecule has 2 aromatic carbocycles. The van der Waals surface area contributed by atoms with Crippen LogP contribution in [0.4, 0.5) is 4.79 Å². The Morgan fingerprint density at radius 3 is 1.82 bits per heavy atom. The van der Waals surface area contributed by atoms with Crippen molar-refractivity contribution in [1.29, 1.82) is 0 Å². The van der Waals surface area contributed by atoms with Gasteiger partial charge in [-0.1, -0.05) is 74.5 Å². The molecule has 9 heteroatoms. The second-order valence-electron chi connectivity index (χ2n) is 8.20. The van der Waals surface area contributed by atoms with E-state index in [4.69, 9.17) is 15.2 Å². The van der Waals surface area contributed by atoms with Crippen LogP contribution in [-0.2, 0) is 37.1 Å². The lowest BCUT2D eigenvalue weighted by molar-refractivity contribution is -0.147. The molecule has 0 saturated carbocycles. The molecule has 0 aromatic heterocycles. The van der Waals surface area contributed by atoms with Gasteiger partial charge in [-0.3, -0.25) is 14.4 Å². The lowest BCUT2D eigenvalue weighted by atomic mass is 10.0. The van der Waals surface area contributed by atoms with Crippen LogP contribution in [0.1, 0.15) is 37.8 Å². The number of primary amides is 1. The van der Waals surface area contributed by atoms with Gasteiger partial charge in [0.05, 0.1) is 6.42 Å². The molecule has 4 N–H and O–H groups in total. The minimum Gasteiger partial charge on any atom is -0.461 e. The summed E-state index contributed by atoms with van der Waals surface area (Å²) in [6, 6.07) is 15.9. The molecule has 9 nitrogen and oxygen atoms in total. The maximum Gasteiger partial charge on any atom is 0.408 e. The zero-order chi connectivity index (χ0) is 24.9. The first-order valence-electron chi connectivity index (χ1n) is 11.0. The van der Waals surface area contributed by atoms with Crippen LogP contribution in [0.25, 0.3) is 0 Å². The van der Waals surface area contributed by atoms with Crippen LogP contribution in [0.15, 0.2) is 60.7 Å². The van der Waals surface area contributed by atoms with E-state index in [1.54, 1.807) is 24.3 Å². The third-order valence-corrected chi connectivity index (χ3v) is 4.80.